The first-order valence-electron chi connectivity index (χ1n) is 8.38. The Morgan fingerprint density at radius 3 is 2.36 bits per heavy atom. The van der Waals surface area contributed by atoms with E-state index < -0.39 is 0 Å². The van der Waals surface area contributed by atoms with Crippen molar-refractivity contribution in [3.8, 4) is 0 Å². The summed E-state index contributed by atoms with van der Waals surface area (Å²) in [6.07, 6.45) is 0. The molecule has 1 atom stereocenters. The van der Waals surface area contributed by atoms with Crippen molar-refractivity contribution < 1.29 is 9.59 Å². The van der Waals surface area contributed by atoms with E-state index in [1.54, 1.807) is 0 Å². The van der Waals surface area contributed by atoms with Gasteiger partial charge in [0.25, 0.3) is 0 Å². The Morgan fingerprint density at radius 1 is 0.920 bits per heavy atom. The van der Waals surface area contributed by atoms with E-state index in [0.29, 0.717) is 0 Å². The maximum atomic E-state index is 12.0. The van der Waals surface area contributed by atoms with Gasteiger partial charge in [0.15, 0.2) is 0 Å². The first-order chi connectivity index (χ1) is 12.0. The highest BCUT2D eigenvalue weighted by Gasteiger charge is 2.10. The van der Waals surface area contributed by atoms with Crippen molar-refractivity contribution in [2.75, 3.05) is 18.4 Å². The first kappa shape index (κ1) is 18.7. The van der Waals surface area contributed by atoms with Gasteiger partial charge < -0.3 is 16.0 Å². The lowest BCUT2D eigenvalue weighted by Crippen LogP contribution is -2.39. The fourth-order valence-corrected chi connectivity index (χ4v) is 2.43. The average molecular weight is 339 g/mol. The molecule has 0 aliphatic heterocycles. The van der Waals surface area contributed by atoms with Gasteiger partial charge in [-0.15, -0.1) is 0 Å². The van der Waals surface area contributed by atoms with E-state index in [2.05, 4.69) is 16.0 Å². The van der Waals surface area contributed by atoms with Crippen molar-refractivity contribution in [1.29, 1.82) is 0 Å². The molecule has 2 aromatic carbocycles. The molecule has 0 heterocycles. The Kier molecular flexibility index (Phi) is 6.71. The summed E-state index contributed by atoms with van der Waals surface area (Å²) in [5, 5.41) is 8.60. The minimum absolute atomic E-state index is 0.0480. The fourth-order valence-electron chi connectivity index (χ4n) is 2.43. The SMILES string of the molecule is Cc1cccc(NC(=O)CNC(=O)CN[C@@H](C)c2ccccc2)c1C. The number of amides is 2. The lowest BCUT2D eigenvalue weighted by atomic mass is 10.1. The zero-order valence-corrected chi connectivity index (χ0v) is 14.9. The molecule has 0 aromatic heterocycles. The predicted octanol–water partition coefficient (Wildman–Crippen LogP) is 2.71. The topological polar surface area (TPSA) is 70.2 Å². The molecule has 0 bridgehead atoms. The molecule has 0 unspecified atom stereocenters. The summed E-state index contributed by atoms with van der Waals surface area (Å²) < 4.78 is 0. The molecule has 0 aliphatic rings. The van der Waals surface area contributed by atoms with Gasteiger partial charge in [-0.2, -0.15) is 0 Å². The average Bonchev–Trinajstić information content (AvgIpc) is 2.62. The van der Waals surface area contributed by atoms with Gasteiger partial charge in [0.1, 0.15) is 0 Å². The van der Waals surface area contributed by atoms with Gasteiger partial charge in [-0.05, 0) is 43.5 Å². The second-order valence-electron chi connectivity index (χ2n) is 6.09. The third-order valence-corrected chi connectivity index (χ3v) is 4.19. The van der Waals surface area contributed by atoms with Gasteiger partial charge in [-0.1, -0.05) is 42.5 Å². The highest BCUT2D eigenvalue weighted by molar-refractivity contribution is 5.95. The maximum absolute atomic E-state index is 12.0. The van der Waals surface area contributed by atoms with Gasteiger partial charge in [-0.3, -0.25) is 9.59 Å². The van der Waals surface area contributed by atoms with E-state index in [1.165, 1.54) is 0 Å². The molecule has 0 radical (unpaired) electrons. The van der Waals surface area contributed by atoms with Crippen molar-refractivity contribution in [3.63, 3.8) is 0 Å². The molecule has 2 aromatic rings. The summed E-state index contributed by atoms with van der Waals surface area (Å²) in [6, 6.07) is 15.7. The van der Waals surface area contributed by atoms with E-state index in [1.807, 2.05) is 69.3 Å². The first-order valence-corrected chi connectivity index (χ1v) is 8.38. The molecule has 2 amide bonds. The quantitative estimate of drug-likeness (QED) is 0.726. The minimum atomic E-state index is -0.238. The van der Waals surface area contributed by atoms with Crippen LogP contribution in [-0.2, 0) is 9.59 Å². The van der Waals surface area contributed by atoms with E-state index in [-0.39, 0.29) is 30.9 Å². The smallest absolute Gasteiger partial charge is 0.243 e. The summed E-state index contributed by atoms with van der Waals surface area (Å²) in [6.45, 7) is 6.06. The van der Waals surface area contributed by atoms with Crippen molar-refractivity contribution in [3.05, 3.63) is 65.2 Å². The zero-order valence-electron chi connectivity index (χ0n) is 14.9. The summed E-state index contributed by atoms with van der Waals surface area (Å²) in [5.74, 6) is -0.447. The Bertz CT molecular complexity index is 729. The van der Waals surface area contributed by atoms with Crippen LogP contribution in [0.1, 0.15) is 29.7 Å². The molecule has 0 fully saturated rings. The number of carbonyl (C=O) groups is 2. The molecule has 0 aliphatic carbocycles. The monoisotopic (exact) mass is 339 g/mol. The molecular weight excluding hydrogens is 314 g/mol. The highest BCUT2D eigenvalue weighted by Crippen LogP contribution is 2.17. The highest BCUT2D eigenvalue weighted by atomic mass is 16.2. The molecular formula is C20H25N3O2. The number of nitrogens with one attached hydrogen (secondary N) is 3. The normalized spacial score (nSPS) is 11.6. The van der Waals surface area contributed by atoms with Crippen LogP contribution >= 0.6 is 0 Å². The van der Waals surface area contributed by atoms with E-state index >= 15 is 0 Å². The second kappa shape index (κ2) is 8.99. The van der Waals surface area contributed by atoms with Crippen molar-refractivity contribution >= 4 is 17.5 Å². The van der Waals surface area contributed by atoms with E-state index in [0.717, 1.165) is 22.4 Å². The van der Waals surface area contributed by atoms with Gasteiger partial charge in [0, 0.05) is 11.7 Å². The Labute approximate surface area is 148 Å². The molecule has 25 heavy (non-hydrogen) atoms. The lowest BCUT2D eigenvalue weighted by molar-refractivity contribution is -0.123. The number of aryl methyl sites for hydroxylation is 1. The molecule has 5 heteroatoms. The van der Waals surface area contributed by atoms with Crippen LogP contribution in [0, 0.1) is 13.8 Å². The third-order valence-electron chi connectivity index (χ3n) is 4.19. The predicted molar refractivity (Wildman–Crippen MR) is 100 cm³/mol. The van der Waals surface area contributed by atoms with Crippen LogP contribution in [0.5, 0.6) is 0 Å². The lowest BCUT2D eigenvalue weighted by Gasteiger charge is -2.14. The van der Waals surface area contributed by atoms with Gasteiger partial charge >= 0.3 is 0 Å². The number of hydrogen-bond acceptors (Lipinski definition) is 3. The van der Waals surface area contributed by atoms with Crippen LogP contribution in [0.25, 0.3) is 0 Å². The van der Waals surface area contributed by atoms with Gasteiger partial charge in [0.05, 0.1) is 13.1 Å². The summed E-state index contributed by atoms with van der Waals surface area (Å²) in [7, 11) is 0. The van der Waals surface area contributed by atoms with Crippen LogP contribution in [0.15, 0.2) is 48.5 Å². The fraction of sp³-hybridized carbons (Fsp3) is 0.300. The van der Waals surface area contributed by atoms with Crippen molar-refractivity contribution in [2.24, 2.45) is 0 Å². The summed E-state index contributed by atoms with van der Waals surface area (Å²) in [5.41, 5.74) is 4.03. The van der Waals surface area contributed by atoms with Crippen LogP contribution in [-0.4, -0.2) is 24.9 Å². The molecule has 3 N–H and O–H groups in total. The molecule has 0 spiro atoms. The van der Waals surface area contributed by atoms with Crippen LogP contribution in [0.2, 0.25) is 0 Å². The molecule has 132 valence electrons. The number of anilines is 1. The molecule has 0 saturated heterocycles. The van der Waals surface area contributed by atoms with Gasteiger partial charge in [-0.25, -0.2) is 0 Å². The van der Waals surface area contributed by atoms with E-state index in [4.69, 9.17) is 0 Å². The Hall–Kier alpha value is -2.66. The van der Waals surface area contributed by atoms with E-state index in [9.17, 15) is 9.59 Å². The van der Waals surface area contributed by atoms with Gasteiger partial charge in [0.2, 0.25) is 11.8 Å². The maximum Gasteiger partial charge on any atom is 0.243 e. The number of carbonyl (C=O) groups excluding carboxylic acids is 2. The Balaban J connectivity index is 1.74. The molecule has 0 saturated carbocycles. The zero-order chi connectivity index (χ0) is 18.2. The number of rotatable bonds is 7. The minimum Gasteiger partial charge on any atom is -0.346 e. The summed E-state index contributed by atoms with van der Waals surface area (Å²) in [4.78, 5) is 23.9. The third kappa shape index (κ3) is 5.72. The molecule has 2 rings (SSSR count). The largest absolute Gasteiger partial charge is 0.346 e. The molecule has 5 nitrogen and oxygen atoms in total. The van der Waals surface area contributed by atoms with Crippen molar-refractivity contribution in [1.82, 2.24) is 10.6 Å². The second-order valence-corrected chi connectivity index (χ2v) is 6.09. The van der Waals surface area contributed by atoms with Crippen LogP contribution in [0.4, 0.5) is 5.69 Å². The number of benzene rings is 2. The van der Waals surface area contributed by atoms with Crippen LogP contribution in [0.3, 0.4) is 0 Å². The Morgan fingerprint density at radius 2 is 1.64 bits per heavy atom. The van der Waals surface area contributed by atoms with Crippen LogP contribution < -0.4 is 16.0 Å². The number of hydrogen-bond donors (Lipinski definition) is 3. The van der Waals surface area contributed by atoms with Crippen molar-refractivity contribution in [2.45, 2.75) is 26.8 Å². The standard InChI is InChI=1S/C20H25N3O2/c1-14-8-7-11-18(15(14)2)23-20(25)13-22-19(24)12-21-16(3)17-9-5-4-6-10-17/h4-11,16,21H,12-13H2,1-3H3,(H,22,24)(H,23,25)/t16-/m0/s1. The summed E-state index contributed by atoms with van der Waals surface area (Å²) >= 11 is 0.